The Morgan fingerprint density at radius 2 is 2.18 bits per heavy atom. The number of benzene rings is 1. The highest BCUT2D eigenvalue weighted by Crippen LogP contribution is 2.55. The summed E-state index contributed by atoms with van der Waals surface area (Å²) in [5.74, 6) is 0.806. The Morgan fingerprint density at radius 3 is 3.04 bits per heavy atom. The van der Waals surface area contributed by atoms with Gasteiger partial charge >= 0.3 is 0 Å². The number of hydrogen-bond donors (Lipinski definition) is 1. The van der Waals surface area contributed by atoms with Crippen LogP contribution in [0.5, 0.6) is 0 Å². The van der Waals surface area contributed by atoms with Gasteiger partial charge in [0, 0.05) is 35.1 Å². The number of amides is 1. The molecule has 0 unspecified atom stereocenters. The third-order valence-corrected chi connectivity index (χ3v) is 8.14. The lowest BCUT2D eigenvalue weighted by molar-refractivity contribution is -0.113. The van der Waals surface area contributed by atoms with E-state index in [-0.39, 0.29) is 5.91 Å². The van der Waals surface area contributed by atoms with Gasteiger partial charge in [-0.05, 0) is 72.9 Å². The molecule has 1 aromatic carbocycles. The molecule has 3 atom stereocenters. The van der Waals surface area contributed by atoms with E-state index in [9.17, 15) is 4.79 Å². The lowest BCUT2D eigenvalue weighted by Crippen LogP contribution is -2.59. The zero-order valence-corrected chi connectivity index (χ0v) is 17.3. The Labute approximate surface area is 171 Å². The molecule has 2 bridgehead atoms. The van der Waals surface area contributed by atoms with Gasteiger partial charge in [0.05, 0.1) is 0 Å². The first kappa shape index (κ1) is 18.1. The fraction of sp³-hybridized carbons (Fsp3) is 0.458. The van der Waals surface area contributed by atoms with Crippen molar-refractivity contribution in [3.8, 4) is 0 Å². The number of likely N-dealkylation sites (N-methyl/N-ethyl adjacent to an activating group) is 1. The van der Waals surface area contributed by atoms with Gasteiger partial charge in [-0.1, -0.05) is 31.0 Å². The average molecular weight is 393 g/mol. The summed E-state index contributed by atoms with van der Waals surface area (Å²) in [6.45, 7) is 1.13. The van der Waals surface area contributed by atoms with Gasteiger partial charge in [0.25, 0.3) is 5.91 Å². The SMILES string of the molecule is CN(C(=O)C=Cc1cccs1)c1cccc2c1C[C@H]1NCC[C@@]23CCCC[C@@H]13. The number of piperidine rings is 1. The molecule has 4 heteroatoms. The largest absolute Gasteiger partial charge is 0.313 e. The van der Waals surface area contributed by atoms with E-state index in [0.717, 1.165) is 29.4 Å². The molecule has 2 aliphatic carbocycles. The first-order valence-corrected chi connectivity index (χ1v) is 11.4. The topological polar surface area (TPSA) is 32.3 Å². The summed E-state index contributed by atoms with van der Waals surface area (Å²) >= 11 is 1.65. The fourth-order valence-electron chi connectivity index (χ4n) is 6.03. The summed E-state index contributed by atoms with van der Waals surface area (Å²) < 4.78 is 0. The summed E-state index contributed by atoms with van der Waals surface area (Å²) in [6, 6.07) is 11.3. The Hall–Kier alpha value is -1.91. The number of anilines is 1. The standard InChI is InChI=1S/C24H28N2OS/c1-26(23(27)11-10-17-6-5-15-28-17)22-9-4-8-19-18(22)16-21-20-7-2-3-12-24(19,20)13-14-25-21/h4-6,8-11,15,20-21,25H,2-3,7,12-14,16H2,1H3/t20-,21+,24-/m0/s1. The number of rotatable bonds is 3. The second-order valence-corrected chi connectivity index (χ2v) is 9.55. The minimum atomic E-state index is 0.0446. The third-order valence-electron chi connectivity index (χ3n) is 7.30. The summed E-state index contributed by atoms with van der Waals surface area (Å²) in [4.78, 5) is 15.8. The number of nitrogens with zero attached hydrogens (tertiary/aromatic N) is 1. The Morgan fingerprint density at radius 1 is 1.25 bits per heavy atom. The Bertz CT molecular complexity index is 899. The van der Waals surface area contributed by atoms with Crippen LogP contribution in [0, 0.1) is 5.92 Å². The maximum absolute atomic E-state index is 12.9. The quantitative estimate of drug-likeness (QED) is 0.763. The smallest absolute Gasteiger partial charge is 0.250 e. The lowest BCUT2D eigenvalue weighted by Gasteiger charge is -2.56. The van der Waals surface area contributed by atoms with Crippen LogP contribution in [0.1, 0.15) is 48.1 Å². The van der Waals surface area contributed by atoms with E-state index < -0.39 is 0 Å². The van der Waals surface area contributed by atoms with Gasteiger partial charge in [-0.15, -0.1) is 11.3 Å². The van der Waals surface area contributed by atoms with Gasteiger partial charge in [-0.3, -0.25) is 4.79 Å². The number of nitrogens with one attached hydrogen (secondary N) is 1. The number of carbonyl (C=O) groups excluding carboxylic acids is 1. The van der Waals surface area contributed by atoms with Crippen LogP contribution < -0.4 is 10.2 Å². The molecule has 0 radical (unpaired) electrons. The molecule has 1 amide bonds. The monoisotopic (exact) mass is 392 g/mol. The van der Waals surface area contributed by atoms with E-state index in [1.807, 2.05) is 35.5 Å². The van der Waals surface area contributed by atoms with Gasteiger partial charge in [0.2, 0.25) is 0 Å². The van der Waals surface area contributed by atoms with Crippen molar-refractivity contribution in [1.82, 2.24) is 5.32 Å². The van der Waals surface area contributed by atoms with Crippen LogP contribution in [-0.4, -0.2) is 25.5 Å². The van der Waals surface area contributed by atoms with Crippen molar-refractivity contribution in [3.63, 3.8) is 0 Å². The molecule has 1 saturated heterocycles. The predicted molar refractivity (Wildman–Crippen MR) is 117 cm³/mol. The molecule has 1 saturated carbocycles. The summed E-state index contributed by atoms with van der Waals surface area (Å²) in [5, 5.41) is 5.84. The number of fused-ring (bicyclic) bond motifs is 1. The third kappa shape index (κ3) is 2.85. The van der Waals surface area contributed by atoms with E-state index in [4.69, 9.17) is 0 Å². The van der Waals surface area contributed by atoms with Crippen LogP contribution in [0.15, 0.2) is 41.8 Å². The van der Waals surface area contributed by atoms with Crippen molar-refractivity contribution in [2.24, 2.45) is 5.92 Å². The minimum Gasteiger partial charge on any atom is -0.313 e. The maximum atomic E-state index is 12.9. The van der Waals surface area contributed by atoms with E-state index >= 15 is 0 Å². The first-order chi connectivity index (χ1) is 13.7. The van der Waals surface area contributed by atoms with E-state index in [1.165, 1.54) is 43.2 Å². The van der Waals surface area contributed by atoms with Crippen LogP contribution in [0.4, 0.5) is 5.69 Å². The first-order valence-electron chi connectivity index (χ1n) is 10.5. The second kappa shape index (κ2) is 7.16. The molecule has 1 aromatic heterocycles. The summed E-state index contributed by atoms with van der Waals surface area (Å²) in [7, 11) is 1.92. The van der Waals surface area contributed by atoms with Gasteiger partial charge in [0.15, 0.2) is 0 Å². The van der Waals surface area contributed by atoms with E-state index in [0.29, 0.717) is 11.5 Å². The summed E-state index contributed by atoms with van der Waals surface area (Å²) in [5.41, 5.74) is 4.36. The molecule has 2 fully saturated rings. The highest BCUT2D eigenvalue weighted by molar-refractivity contribution is 7.10. The molecule has 5 rings (SSSR count). The summed E-state index contributed by atoms with van der Waals surface area (Å²) in [6.07, 6.45) is 11.3. The molecular weight excluding hydrogens is 364 g/mol. The van der Waals surface area contributed by atoms with Crippen molar-refractivity contribution in [1.29, 1.82) is 0 Å². The molecule has 2 aromatic rings. The zero-order chi connectivity index (χ0) is 19.1. The average Bonchev–Trinajstić information content (AvgIpc) is 3.25. The van der Waals surface area contributed by atoms with Crippen molar-refractivity contribution >= 4 is 29.0 Å². The van der Waals surface area contributed by atoms with Crippen molar-refractivity contribution in [2.45, 2.75) is 50.0 Å². The normalized spacial score (nSPS) is 28.6. The molecule has 1 aliphatic heterocycles. The van der Waals surface area contributed by atoms with Crippen LogP contribution in [0.3, 0.4) is 0 Å². The molecule has 3 aliphatic rings. The molecule has 1 N–H and O–H groups in total. The van der Waals surface area contributed by atoms with Crippen molar-refractivity contribution in [3.05, 3.63) is 57.8 Å². The highest BCUT2D eigenvalue weighted by Gasteiger charge is 2.51. The van der Waals surface area contributed by atoms with Gasteiger partial charge < -0.3 is 10.2 Å². The predicted octanol–water partition coefficient (Wildman–Crippen LogP) is 4.77. The van der Waals surface area contributed by atoms with Gasteiger partial charge in [-0.2, -0.15) is 0 Å². The second-order valence-electron chi connectivity index (χ2n) is 8.57. The molecule has 2 heterocycles. The molecule has 146 valence electrons. The number of hydrogen-bond acceptors (Lipinski definition) is 3. The lowest BCUT2D eigenvalue weighted by atomic mass is 9.52. The van der Waals surface area contributed by atoms with Crippen LogP contribution in [0.25, 0.3) is 6.08 Å². The molecular formula is C24H28N2OS. The number of thiophene rings is 1. The van der Waals surface area contributed by atoms with Crippen LogP contribution in [-0.2, 0) is 16.6 Å². The van der Waals surface area contributed by atoms with Crippen molar-refractivity contribution in [2.75, 3.05) is 18.5 Å². The van der Waals surface area contributed by atoms with Gasteiger partial charge in [0.1, 0.15) is 0 Å². The van der Waals surface area contributed by atoms with Crippen LogP contribution in [0.2, 0.25) is 0 Å². The van der Waals surface area contributed by atoms with Gasteiger partial charge in [-0.25, -0.2) is 0 Å². The van der Waals surface area contributed by atoms with Crippen LogP contribution >= 0.6 is 11.3 Å². The highest BCUT2D eigenvalue weighted by atomic mass is 32.1. The molecule has 3 nitrogen and oxygen atoms in total. The van der Waals surface area contributed by atoms with E-state index in [1.54, 1.807) is 17.4 Å². The zero-order valence-electron chi connectivity index (χ0n) is 16.5. The Kier molecular flexibility index (Phi) is 4.64. The number of carbonyl (C=O) groups is 1. The van der Waals surface area contributed by atoms with E-state index in [2.05, 4.69) is 23.5 Å². The minimum absolute atomic E-state index is 0.0446. The Balaban J connectivity index is 1.50. The molecule has 28 heavy (non-hydrogen) atoms. The van der Waals surface area contributed by atoms with Crippen molar-refractivity contribution < 1.29 is 4.79 Å². The molecule has 0 spiro atoms. The maximum Gasteiger partial charge on any atom is 0.250 e. The fourth-order valence-corrected chi connectivity index (χ4v) is 6.65.